The summed E-state index contributed by atoms with van der Waals surface area (Å²) in [5, 5.41) is 6.22. The first-order valence-corrected chi connectivity index (χ1v) is 10.4. The molecular weight excluding hydrogens is 444 g/mol. The molecule has 0 aliphatic heterocycles. The Morgan fingerprint density at radius 2 is 1.63 bits per heavy atom. The number of halogens is 1. The van der Waals surface area contributed by atoms with Crippen LogP contribution < -0.4 is 20.1 Å². The summed E-state index contributed by atoms with van der Waals surface area (Å²) >= 11 is 3.43. The van der Waals surface area contributed by atoms with Gasteiger partial charge in [-0.25, -0.2) is 0 Å². The van der Waals surface area contributed by atoms with E-state index in [0.29, 0.717) is 18.0 Å². The zero-order chi connectivity index (χ0) is 21.5. The monoisotopic (exact) mass is 468 g/mol. The Hall–Kier alpha value is -2.99. The minimum absolute atomic E-state index is 0.0974. The van der Waals surface area contributed by atoms with Crippen LogP contribution in [0.15, 0.2) is 65.1 Å². The van der Waals surface area contributed by atoms with Gasteiger partial charge in [-0.2, -0.15) is 0 Å². The lowest BCUT2D eigenvalue weighted by atomic mass is 10.1. The van der Waals surface area contributed by atoms with Crippen molar-refractivity contribution in [3.63, 3.8) is 0 Å². The van der Waals surface area contributed by atoms with Crippen molar-refractivity contribution in [1.29, 1.82) is 0 Å². The second-order valence-electron chi connectivity index (χ2n) is 6.98. The van der Waals surface area contributed by atoms with Gasteiger partial charge in [0, 0.05) is 22.4 Å². The Bertz CT molecular complexity index is 1020. The molecule has 6 heteroatoms. The van der Waals surface area contributed by atoms with Crippen molar-refractivity contribution in [3.05, 3.63) is 81.8 Å². The number of hydrogen-bond donors (Lipinski definition) is 2. The summed E-state index contributed by atoms with van der Waals surface area (Å²) in [4.78, 5) is 12.2. The van der Waals surface area contributed by atoms with Gasteiger partial charge in [-0.15, -0.1) is 0 Å². The van der Waals surface area contributed by atoms with Crippen LogP contribution in [-0.4, -0.2) is 19.6 Å². The van der Waals surface area contributed by atoms with Crippen molar-refractivity contribution < 1.29 is 14.3 Å². The van der Waals surface area contributed by atoms with Crippen molar-refractivity contribution in [2.75, 3.05) is 24.4 Å². The number of amides is 1. The molecule has 156 valence electrons. The van der Waals surface area contributed by atoms with E-state index < -0.39 is 0 Å². The van der Waals surface area contributed by atoms with Gasteiger partial charge in [0.2, 0.25) is 0 Å². The summed E-state index contributed by atoms with van der Waals surface area (Å²) in [7, 11) is 1.59. The lowest BCUT2D eigenvalue weighted by molar-refractivity contribution is -0.118. The zero-order valence-electron chi connectivity index (χ0n) is 17.3. The average Bonchev–Trinajstić information content (AvgIpc) is 2.74. The number of aryl methyl sites for hydroxylation is 2. The van der Waals surface area contributed by atoms with Crippen LogP contribution in [0.3, 0.4) is 0 Å². The lowest BCUT2D eigenvalue weighted by Gasteiger charge is -2.13. The summed E-state index contributed by atoms with van der Waals surface area (Å²) in [5.41, 5.74) is 5.14. The first-order chi connectivity index (χ1) is 14.4. The number of benzene rings is 3. The van der Waals surface area contributed by atoms with E-state index >= 15 is 0 Å². The molecule has 3 aromatic rings. The number of carbonyl (C=O) groups excluding carboxylic acids is 1. The Morgan fingerprint density at radius 1 is 0.900 bits per heavy atom. The van der Waals surface area contributed by atoms with Gasteiger partial charge >= 0.3 is 0 Å². The van der Waals surface area contributed by atoms with Crippen molar-refractivity contribution in [2.24, 2.45) is 0 Å². The standard InChI is InChI=1S/C24H25BrN2O3/c1-16-4-8-21(12-17(16)2)27-24(28)15-30-22-11-5-18(13-23(22)29-3)14-26-20-9-6-19(25)7-10-20/h4-13,26H,14-15H2,1-3H3,(H,27,28). The molecule has 0 fully saturated rings. The number of nitrogens with one attached hydrogen (secondary N) is 2. The quantitative estimate of drug-likeness (QED) is 0.444. The lowest BCUT2D eigenvalue weighted by Crippen LogP contribution is -2.20. The van der Waals surface area contributed by atoms with Gasteiger partial charge in [0.1, 0.15) is 0 Å². The summed E-state index contributed by atoms with van der Waals surface area (Å²) in [6.07, 6.45) is 0. The van der Waals surface area contributed by atoms with E-state index in [-0.39, 0.29) is 12.5 Å². The van der Waals surface area contributed by atoms with E-state index in [9.17, 15) is 4.79 Å². The molecule has 0 saturated heterocycles. The van der Waals surface area contributed by atoms with E-state index in [1.807, 2.05) is 74.5 Å². The normalized spacial score (nSPS) is 10.4. The molecule has 30 heavy (non-hydrogen) atoms. The molecule has 0 aromatic heterocycles. The zero-order valence-corrected chi connectivity index (χ0v) is 18.9. The number of methoxy groups -OCH3 is 1. The van der Waals surface area contributed by atoms with Crippen LogP contribution in [0.1, 0.15) is 16.7 Å². The predicted molar refractivity (Wildman–Crippen MR) is 125 cm³/mol. The third-order valence-corrected chi connectivity index (χ3v) is 5.25. The predicted octanol–water partition coefficient (Wildman–Crippen LogP) is 5.70. The fraction of sp³-hybridized carbons (Fsp3) is 0.208. The molecule has 0 radical (unpaired) electrons. The maximum absolute atomic E-state index is 12.2. The van der Waals surface area contributed by atoms with Crippen molar-refractivity contribution in [1.82, 2.24) is 0 Å². The number of rotatable bonds is 8. The first kappa shape index (κ1) is 21.7. The van der Waals surface area contributed by atoms with Crippen LogP contribution in [0.4, 0.5) is 11.4 Å². The molecule has 2 N–H and O–H groups in total. The highest BCUT2D eigenvalue weighted by atomic mass is 79.9. The summed E-state index contributed by atoms with van der Waals surface area (Å²) in [6, 6.07) is 19.5. The van der Waals surface area contributed by atoms with E-state index in [4.69, 9.17) is 9.47 Å². The average molecular weight is 469 g/mol. The molecular formula is C24H25BrN2O3. The number of anilines is 2. The van der Waals surface area contributed by atoms with Crippen LogP contribution in [0.5, 0.6) is 11.5 Å². The minimum Gasteiger partial charge on any atom is -0.493 e. The topological polar surface area (TPSA) is 59.6 Å². The Kier molecular flexibility index (Phi) is 7.36. The van der Waals surface area contributed by atoms with E-state index in [0.717, 1.165) is 27.0 Å². The highest BCUT2D eigenvalue weighted by molar-refractivity contribution is 9.10. The van der Waals surface area contributed by atoms with Crippen LogP contribution in [0, 0.1) is 13.8 Å². The molecule has 0 bridgehead atoms. The Labute approximate surface area is 185 Å². The number of carbonyl (C=O) groups is 1. The van der Waals surface area contributed by atoms with E-state index in [1.54, 1.807) is 7.11 Å². The molecule has 5 nitrogen and oxygen atoms in total. The number of hydrogen-bond acceptors (Lipinski definition) is 4. The van der Waals surface area contributed by atoms with Gasteiger partial charge in [-0.1, -0.05) is 28.1 Å². The Morgan fingerprint density at radius 3 is 2.33 bits per heavy atom. The molecule has 0 aliphatic carbocycles. The third-order valence-electron chi connectivity index (χ3n) is 4.72. The van der Waals surface area contributed by atoms with Crippen LogP contribution >= 0.6 is 15.9 Å². The molecule has 1 amide bonds. The second-order valence-corrected chi connectivity index (χ2v) is 7.90. The van der Waals surface area contributed by atoms with Crippen LogP contribution in [0.2, 0.25) is 0 Å². The van der Waals surface area contributed by atoms with Gasteiger partial charge in [0.25, 0.3) is 5.91 Å². The first-order valence-electron chi connectivity index (χ1n) is 9.61. The van der Waals surface area contributed by atoms with Gasteiger partial charge in [-0.05, 0) is 79.1 Å². The van der Waals surface area contributed by atoms with Gasteiger partial charge in [-0.3, -0.25) is 4.79 Å². The fourth-order valence-corrected chi connectivity index (χ4v) is 3.14. The fourth-order valence-electron chi connectivity index (χ4n) is 2.87. The SMILES string of the molecule is COc1cc(CNc2ccc(Br)cc2)ccc1OCC(=O)Nc1ccc(C)c(C)c1. The molecule has 3 rings (SSSR count). The molecule has 0 heterocycles. The van der Waals surface area contributed by atoms with Crippen LogP contribution in [-0.2, 0) is 11.3 Å². The second kappa shape index (κ2) is 10.2. The maximum atomic E-state index is 12.2. The smallest absolute Gasteiger partial charge is 0.262 e. The largest absolute Gasteiger partial charge is 0.493 e. The summed E-state index contributed by atoms with van der Waals surface area (Å²) in [5.74, 6) is 0.894. The van der Waals surface area contributed by atoms with Gasteiger partial charge in [0.05, 0.1) is 7.11 Å². The molecule has 0 unspecified atom stereocenters. The molecule has 0 atom stereocenters. The van der Waals surface area contributed by atoms with Crippen molar-refractivity contribution >= 4 is 33.2 Å². The molecule has 3 aromatic carbocycles. The van der Waals surface area contributed by atoms with Gasteiger partial charge < -0.3 is 20.1 Å². The number of ether oxygens (including phenoxy) is 2. The van der Waals surface area contributed by atoms with Crippen LogP contribution in [0.25, 0.3) is 0 Å². The minimum atomic E-state index is -0.221. The van der Waals surface area contributed by atoms with Crippen molar-refractivity contribution in [3.8, 4) is 11.5 Å². The highest BCUT2D eigenvalue weighted by Crippen LogP contribution is 2.28. The molecule has 0 aliphatic rings. The van der Waals surface area contributed by atoms with Crippen molar-refractivity contribution in [2.45, 2.75) is 20.4 Å². The maximum Gasteiger partial charge on any atom is 0.262 e. The van der Waals surface area contributed by atoms with Gasteiger partial charge in [0.15, 0.2) is 18.1 Å². The highest BCUT2D eigenvalue weighted by Gasteiger charge is 2.10. The summed E-state index contributed by atoms with van der Waals surface area (Å²) in [6.45, 7) is 4.60. The third kappa shape index (κ3) is 6.00. The van der Waals surface area contributed by atoms with E-state index in [2.05, 4.69) is 26.6 Å². The molecule has 0 spiro atoms. The Balaban J connectivity index is 1.56. The van der Waals surface area contributed by atoms with E-state index in [1.165, 1.54) is 5.56 Å². The molecule has 0 saturated carbocycles. The summed E-state index contributed by atoms with van der Waals surface area (Å²) < 4.78 is 12.2.